The topological polar surface area (TPSA) is 67.4 Å². The van der Waals surface area contributed by atoms with Crippen LogP contribution in [0, 0.1) is 11.3 Å². The molecule has 0 spiro atoms. The third-order valence-corrected chi connectivity index (χ3v) is 5.98. The van der Waals surface area contributed by atoms with Gasteiger partial charge in [-0.1, -0.05) is 48.5 Å². The van der Waals surface area contributed by atoms with Crippen LogP contribution in [0.25, 0.3) is 50.3 Å². The van der Waals surface area contributed by atoms with Gasteiger partial charge in [0, 0.05) is 27.6 Å². The molecule has 0 aliphatic carbocycles. The Morgan fingerprint density at radius 2 is 1.26 bits per heavy atom. The average Bonchev–Trinajstić information content (AvgIpc) is 3.22. The largest absolute Gasteiger partial charge is 0.309 e. The number of aromatic nitrogens is 4. The van der Waals surface area contributed by atoms with Gasteiger partial charge in [-0.3, -0.25) is 0 Å². The van der Waals surface area contributed by atoms with E-state index in [4.69, 9.17) is 16.6 Å². The van der Waals surface area contributed by atoms with Crippen molar-refractivity contribution in [2.24, 2.45) is 0 Å². The number of hydrogen-bond donors (Lipinski definition) is 0. The molecule has 0 aliphatic heterocycles. The van der Waals surface area contributed by atoms with Crippen molar-refractivity contribution in [2.45, 2.75) is 0 Å². The van der Waals surface area contributed by atoms with Crippen molar-refractivity contribution in [2.75, 3.05) is 0 Å². The molecule has 4 aromatic carbocycles. The van der Waals surface area contributed by atoms with Gasteiger partial charge in [0.2, 0.25) is 5.28 Å². The molecule has 5 nitrogen and oxygen atoms in total. The first kappa shape index (κ1) is 20.1. The number of benzene rings is 4. The van der Waals surface area contributed by atoms with Crippen LogP contribution in [0.2, 0.25) is 5.28 Å². The molecule has 2 heterocycles. The molecule has 0 saturated carbocycles. The molecule has 34 heavy (non-hydrogen) atoms. The van der Waals surface area contributed by atoms with E-state index in [1.165, 1.54) is 0 Å². The number of hydrogen-bond acceptors (Lipinski definition) is 4. The number of para-hydroxylation sites is 1. The summed E-state index contributed by atoms with van der Waals surface area (Å²) in [5.41, 5.74) is 5.41. The van der Waals surface area contributed by atoms with Crippen LogP contribution in [-0.2, 0) is 0 Å². The highest BCUT2D eigenvalue weighted by atomic mass is 35.5. The third kappa shape index (κ3) is 3.38. The van der Waals surface area contributed by atoms with Crippen LogP contribution in [0.4, 0.5) is 0 Å². The Morgan fingerprint density at radius 3 is 1.97 bits per heavy atom. The smallest absolute Gasteiger partial charge is 0.226 e. The molecule has 0 saturated heterocycles. The fourth-order valence-electron chi connectivity index (χ4n) is 4.28. The number of nitrogens with zero attached hydrogens (tertiary/aromatic N) is 5. The molecule has 0 atom stereocenters. The first-order valence-electron chi connectivity index (χ1n) is 10.7. The second-order valence-electron chi connectivity index (χ2n) is 7.86. The summed E-state index contributed by atoms with van der Waals surface area (Å²) in [7, 11) is 0. The first-order chi connectivity index (χ1) is 16.7. The molecule has 0 radical (unpaired) electrons. The lowest BCUT2D eigenvalue weighted by Gasteiger charge is -2.08. The summed E-state index contributed by atoms with van der Waals surface area (Å²) in [4.78, 5) is 13.4. The van der Waals surface area contributed by atoms with E-state index < -0.39 is 0 Å². The Labute approximate surface area is 200 Å². The minimum Gasteiger partial charge on any atom is -0.309 e. The summed E-state index contributed by atoms with van der Waals surface area (Å²) in [6, 6.07) is 34.0. The van der Waals surface area contributed by atoms with Crippen LogP contribution < -0.4 is 0 Å². The van der Waals surface area contributed by atoms with Gasteiger partial charge in [-0.25, -0.2) is 4.98 Å². The van der Waals surface area contributed by atoms with E-state index in [0.29, 0.717) is 17.2 Å². The van der Waals surface area contributed by atoms with E-state index in [1.54, 1.807) is 0 Å². The van der Waals surface area contributed by atoms with Crippen molar-refractivity contribution in [3.05, 3.63) is 108 Å². The molecule has 0 aliphatic rings. The van der Waals surface area contributed by atoms with E-state index in [-0.39, 0.29) is 5.28 Å². The van der Waals surface area contributed by atoms with Gasteiger partial charge in [-0.2, -0.15) is 15.2 Å². The van der Waals surface area contributed by atoms with E-state index in [0.717, 1.165) is 38.6 Å². The standard InChI is InChI=1S/C28H16ClN5/c29-28-32-26(19-7-3-1-4-8-19)31-27(33-28)20-12-14-25-23(16-20)22-15-18(17-30)11-13-24(22)34(25)21-9-5-2-6-10-21/h1-16H. The SMILES string of the molecule is N#Cc1ccc2c(c1)c1cc(-c3nc(Cl)nc(-c4ccccc4)n3)ccc1n2-c1ccccc1. The molecular formula is C28H16ClN5. The van der Waals surface area contributed by atoms with Crippen LogP contribution in [-0.4, -0.2) is 19.5 Å². The molecule has 0 bridgehead atoms. The summed E-state index contributed by atoms with van der Waals surface area (Å²) >= 11 is 6.28. The Kier molecular flexibility index (Phi) is 4.80. The van der Waals surface area contributed by atoms with Crippen molar-refractivity contribution in [1.29, 1.82) is 5.26 Å². The Hall–Kier alpha value is -4.53. The normalized spacial score (nSPS) is 11.1. The highest BCUT2D eigenvalue weighted by molar-refractivity contribution is 6.28. The zero-order chi connectivity index (χ0) is 23.1. The quantitative estimate of drug-likeness (QED) is 0.292. The van der Waals surface area contributed by atoms with Gasteiger partial charge in [0.15, 0.2) is 11.6 Å². The maximum Gasteiger partial charge on any atom is 0.226 e. The minimum atomic E-state index is 0.141. The van der Waals surface area contributed by atoms with E-state index in [2.05, 4.69) is 44.9 Å². The van der Waals surface area contributed by atoms with Crippen molar-refractivity contribution in [3.8, 4) is 34.5 Å². The predicted octanol–water partition coefficient (Wildman–Crippen LogP) is 6.83. The zero-order valence-corrected chi connectivity index (χ0v) is 18.6. The first-order valence-corrected chi connectivity index (χ1v) is 11.1. The zero-order valence-electron chi connectivity index (χ0n) is 17.9. The van der Waals surface area contributed by atoms with Crippen molar-refractivity contribution < 1.29 is 0 Å². The van der Waals surface area contributed by atoms with Crippen LogP contribution in [0.3, 0.4) is 0 Å². The second-order valence-corrected chi connectivity index (χ2v) is 8.20. The van der Waals surface area contributed by atoms with E-state index in [9.17, 15) is 5.26 Å². The van der Waals surface area contributed by atoms with E-state index in [1.807, 2.05) is 72.8 Å². The molecule has 0 N–H and O–H groups in total. The molecular weight excluding hydrogens is 442 g/mol. The molecule has 6 aromatic rings. The summed E-state index contributed by atoms with van der Waals surface area (Å²) in [6.45, 7) is 0. The van der Waals surface area contributed by atoms with Gasteiger partial charge in [-0.05, 0) is 60.1 Å². The lowest BCUT2D eigenvalue weighted by atomic mass is 10.1. The lowest BCUT2D eigenvalue weighted by molar-refractivity contribution is 1.07. The van der Waals surface area contributed by atoms with Crippen LogP contribution in [0.5, 0.6) is 0 Å². The maximum absolute atomic E-state index is 9.50. The number of fused-ring (bicyclic) bond motifs is 3. The highest BCUT2D eigenvalue weighted by Gasteiger charge is 2.16. The molecule has 6 heteroatoms. The van der Waals surface area contributed by atoms with Crippen LogP contribution in [0.1, 0.15) is 5.56 Å². The monoisotopic (exact) mass is 457 g/mol. The second kappa shape index (κ2) is 8.11. The molecule has 0 amide bonds. The fraction of sp³-hybridized carbons (Fsp3) is 0. The van der Waals surface area contributed by atoms with Crippen LogP contribution >= 0.6 is 11.6 Å². The molecule has 0 fully saturated rings. The number of halogens is 1. The van der Waals surface area contributed by atoms with E-state index >= 15 is 0 Å². The third-order valence-electron chi connectivity index (χ3n) is 5.81. The average molecular weight is 458 g/mol. The molecule has 2 aromatic heterocycles. The van der Waals surface area contributed by atoms with Crippen molar-refractivity contribution >= 4 is 33.4 Å². The minimum absolute atomic E-state index is 0.141. The summed E-state index contributed by atoms with van der Waals surface area (Å²) in [6.07, 6.45) is 0. The van der Waals surface area contributed by atoms with Gasteiger partial charge in [0.1, 0.15) is 0 Å². The number of nitriles is 1. The van der Waals surface area contributed by atoms with Gasteiger partial charge in [0.25, 0.3) is 0 Å². The Bertz CT molecular complexity index is 1720. The number of rotatable bonds is 3. The summed E-state index contributed by atoms with van der Waals surface area (Å²) in [5, 5.41) is 11.6. The van der Waals surface area contributed by atoms with Crippen molar-refractivity contribution in [3.63, 3.8) is 0 Å². The summed E-state index contributed by atoms with van der Waals surface area (Å²) in [5.74, 6) is 1.02. The maximum atomic E-state index is 9.50. The van der Waals surface area contributed by atoms with Gasteiger partial charge in [0.05, 0.1) is 22.7 Å². The van der Waals surface area contributed by atoms with Crippen molar-refractivity contribution in [1.82, 2.24) is 19.5 Å². The summed E-state index contributed by atoms with van der Waals surface area (Å²) < 4.78 is 2.20. The predicted molar refractivity (Wildman–Crippen MR) is 135 cm³/mol. The van der Waals surface area contributed by atoms with Gasteiger partial charge in [-0.15, -0.1) is 0 Å². The van der Waals surface area contributed by atoms with Gasteiger partial charge >= 0.3 is 0 Å². The Balaban J connectivity index is 1.60. The molecule has 0 unspecified atom stereocenters. The highest BCUT2D eigenvalue weighted by Crippen LogP contribution is 2.35. The van der Waals surface area contributed by atoms with Crippen LogP contribution in [0.15, 0.2) is 97.1 Å². The van der Waals surface area contributed by atoms with Gasteiger partial charge < -0.3 is 4.57 Å². The molecule has 160 valence electrons. The molecule has 6 rings (SSSR count). The fourth-order valence-corrected chi connectivity index (χ4v) is 4.44. The Morgan fingerprint density at radius 1 is 0.647 bits per heavy atom. The lowest BCUT2D eigenvalue weighted by Crippen LogP contribution is -1.97.